The number of benzene rings is 3. The lowest BCUT2D eigenvalue weighted by Gasteiger charge is -2.64. The number of aromatic carboxylic acids is 1. The number of amides is 1. The average molecular weight is 1390 g/mol. The number of ether oxygens (including phenoxy) is 5. The Bertz CT molecular complexity index is 3640. The number of anilines is 2. The van der Waals surface area contributed by atoms with E-state index in [-0.39, 0.29) is 117 Å². The number of fused-ring (bicyclic) bond motifs is 1. The van der Waals surface area contributed by atoms with Crippen molar-refractivity contribution < 1.29 is 86.6 Å². The summed E-state index contributed by atoms with van der Waals surface area (Å²) < 4.78 is 48.6. The molecule has 2 unspecified atom stereocenters. The Morgan fingerprint density at radius 3 is 2.18 bits per heavy atom. The Morgan fingerprint density at radius 2 is 1.57 bits per heavy atom. The Labute approximate surface area is 567 Å². The molecule has 11 rings (SSSR count). The van der Waals surface area contributed by atoms with E-state index in [1.165, 1.54) is 24.6 Å². The van der Waals surface area contributed by atoms with Crippen LogP contribution in [0.1, 0.15) is 165 Å². The van der Waals surface area contributed by atoms with Crippen LogP contribution in [0.2, 0.25) is 11.6 Å². The minimum atomic E-state index is -1.49. The van der Waals surface area contributed by atoms with Gasteiger partial charge in [-0.2, -0.15) is 34.4 Å². The SMILES string of the molecule is COc1c(C[C@H](CC(=O)/C(=N\OCc2ccccc2)c2csc(NC(=O)OC(C)(C)C)n2)B2OC3CC4C[C@@H](C4(C)C)[C@]3(C)O2)ccc(C2OCCCO2)c1C(=O)OC(C)(C)C.ClB(Cl)Cl.Nc1nc(/C(=N/O)C(=O)C[C@H]2Cc3ccc(C=O)c(C(=O)O)c3OB2O)cs1. The number of ketones is 2. The Hall–Kier alpha value is -6.66. The third-order valence-corrected chi connectivity index (χ3v) is 18.0. The van der Waals surface area contributed by atoms with Crippen molar-refractivity contribution in [3.63, 3.8) is 0 Å². The second kappa shape index (κ2) is 31.0. The first-order valence-electron chi connectivity index (χ1n) is 30.1. The number of halogens is 3. The zero-order chi connectivity index (χ0) is 68.6. The van der Waals surface area contributed by atoms with Crippen molar-refractivity contribution in [2.75, 3.05) is 31.4 Å². The van der Waals surface area contributed by atoms with Crippen LogP contribution in [0.25, 0.3) is 0 Å². The summed E-state index contributed by atoms with van der Waals surface area (Å²) in [6.07, 6.45) is 1.38. The van der Waals surface area contributed by atoms with Gasteiger partial charge in [0, 0.05) is 46.4 Å². The summed E-state index contributed by atoms with van der Waals surface area (Å²) in [5, 5.41) is 42.3. The summed E-state index contributed by atoms with van der Waals surface area (Å²) in [6.45, 7) is 18.5. The van der Waals surface area contributed by atoms with Gasteiger partial charge in [0.1, 0.15) is 51.8 Å². The molecule has 32 heteroatoms. The molecule has 2 aromatic heterocycles. The fourth-order valence-electron chi connectivity index (χ4n) is 12.2. The number of carbonyl (C=O) groups excluding carboxylic acids is 5. The van der Waals surface area contributed by atoms with Gasteiger partial charge in [0.15, 0.2) is 45.8 Å². The molecule has 502 valence electrons. The zero-order valence-corrected chi connectivity index (χ0v) is 57.4. The maximum Gasteiger partial charge on any atom is 0.526 e. The lowest BCUT2D eigenvalue weighted by Crippen LogP contribution is -2.65. The monoisotopic (exact) mass is 1390 g/mol. The minimum absolute atomic E-state index is 0.0345. The fraction of sp³-hybridized carbons (Fsp3) is 0.484. The van der Waals surface area contributed by atoms with Crippen molar-refractivity contribution in [3.8, 4) is 11.5 Å². The van der Waals surface area contributed by atoms with E-state index in [0.717, 1.165) is 47.5 Å². The van der Waals surface area contributed by atoms with Gasteiger partial charge >= 0.3 is 37.2 Å². The molecule has 24 nitrogen and oxygen atoms in total. The number of methoxy groups -OCH3 is 1. The van der Waals surface area contributed by atoms with Crippen molar-refractivity contribution in [3.05, 3.63) is 116 Å². The van der Waals surface area contributed by atoms with E-state index in [1.807, 2.05) is 36.4 Å². The normalized spacial score (nSPS) is 21.0. The first kappa shape index (κ1) is 73.2. The predicted molar refractivity (Wildman–Crippen MR) is 357 cm³/mol. The fourth-order valence-corrected chi connectivity index (χ4v) is 13.5. The van der Waals surface area contributed by atoms with E-state index in [2.05, 4.69) is 46.4 Å². The number of nitrogens with zero attached hydrogens (tertiary/aromatic N) is 4. The van der Waals surface area contributed by atoms with Crippen LogP contribution in [0.4, 0.5) is 15.1 Å². The van der Waals surface area contributed by atoms with Gasteiger partial charge in [-0.3, -0.25) is 19.7 Å². The van der Waals surface area contributed by atoms with E-state index in [9.17, 15) is 38.9 Å². The number of hydrogen-bond acceptors (Lipinski definition) is 24. The summed E-state index contributed by atoms with van der Waals surface area (Å²) in [5.74, 6) is -3.29. The number of esters is 1. The standard InChI is InChI=1S/C46H60BN3O11S.C16H14BN3O7S.BCl3/c1-43(2,3)58-39(52)36-31(40-55-19-14-20-56-40)18-17-28(38(36)54-10)21-30(47-60-35-23-29-22-34(45(29,7)8)46(35,9)61-47)24-33(51)37(50-57-25-27-15-12-11-13-16-27)32-26-62-41(48-32)49-42(53)59-44(4,5)6;18-16-19-10(6-28-16)13(20-26)11(22)4-9-3-7-1-2-8(5-21)12(15(23)24)14(7)27-17(9)25;2-1(3)4/h11-13,15-18,26,29-30,34-35,40H,14,19-25H2,1-10H3,(H,48,49,53);1-2,5-6,9,25-26H,3-4H2,(H2,18,19)(H,23,24);/b50-37-;20-13-;/t29?,30-,34+,35?,46+;9-;/m11./s1. The molecule has 3 aliphatic carbocycles. The van der Waals surface area contributed by atoms with E-state index in [1.54, 1.807) is 53.0 Å². The highest BCUT2D eigenvalue weighted by Gasteiger charge is 2.68. The lowest BCUT2D eigenvalue weighted by molar-refractivity contribution is -0.199. The molecule has 3 saturated carbocycles. The topological polar surface area (TPSA) is 335 Å². The maximum absolute atomic E-state index is 14.9. The molecule has 5 fully saturated rings. The average Bonchev–Trinajstić information content (AvgIpc) is 1.34. The molecular weight excluding hydrogens is 1320 g/mol. The van der Waals surface area contributed by atoms with Gasteiger partial charge in [0.05, 0.1) is 32.0 Å². The number of carbonyl (C=O) groups is 6. The van der Waals surface area contributed by atoms with Crippen LogP contribution < -0.4 is 20.4 Å². The summed E-state index contributed by atoms with van der Waals surface area (Å²) in [7, 11) is -0.779. The number of carboxylic acids is 1. The van der Waals surface area contributed by atoms with Gasteiger partial charge in [-0.1, -0.05) is 78.8 Å². The number of nitrogens with two attached hydrogens (primary N) is 1. The zero-order valence-electron chi connectivity index (χ0n) is 53.5. The van der Waals surface area contributed by atoms with Gasteiger partial charge in [-0.25, -0.2) is 24.4 Å². The smallest absolute Gasteiger partial charge is 0.526 e. The number of aromatic nitrogens is 2. The van der Waals surface area contributed by atoms with Crippen LogP contribution in [-0.4, -0.2) is 135 Å². The second-order valence-corrected chi connectivity index (χ2v) is 29.5. The number of oxime groups is 2. The van der Waals surface area contributed by atoms with Crippen LogP contribution in [0, 0.1) is 17.3 Å². The summed E-state index contributed by atoms with van der Waals surface area (Å²) in [6, 6.07) is 16.0. The van der Waals surface area contributed by atoms with E-state index in [0.29, 0.717) is 42.1 Å². The highest BCUT2D eigenvalue weighted by atomic mass is 35.6. The van der Waals surface area contributed by atoms with Crippen LogP contribution in [-0.2, 0) is 62.1 Å². The number of thiazole rings is 2. The minimum Gasteiger partial charge on any atom is -0.535 e. The first-order chi connectivity index (χ1) is 44.3. The quantitative estimate of drug-likeness (QED) is 0.0121. The number of hydrogen-bond donors (Lipinski definition) is 5. The highest BCUT2D eigenvalue weighted by Crippen LogP contribution is 2.66. The number of rotatable bonds is 20. The van der Waals surface area contributed by atoms with Crippen LogP contribution in [0.15, 0.2) is 75.7 Å². The molecule has 2 saturated heterocycles. The molecule has 3 aliphatic heterocycles. The number of Topliss-reactive ketones (excluding diaryl/α,β-unsaturated/α-hetero) is 2. The summed E-state index contributed by atoms with van der Waals surface area (Å²) in [5.41, 5.74) is 5.71. The van der Waals surface area contributed by atoms with E-state index in [4.69, 9.17) is 87.8 Å². The van der Waals surface area contributed by atoms with Crippen molar-refractivity contribution in [1.82, 2.24) is 9.97 Å². The highest BCUT2D eigenvalue weighted by molar-refractivity contribution is 7.54. The van der Waals surface area contributed by atoms with Crippen molar-refractivity contribution in [2.24, 2.45) is 27.6 Å². The molecule has 6 atom stereocenters. The molecule has 1 amide bonds. The molecule has 0 spiro atoms. The van der Waals surface area contributed by atoms with Gasteiger partial charge in [0.2, 0.25) is 0 Å². The van der Waals surface area contributed by atoms with Crippen molar-refractivity contribution >= 4 is 134 Å². The maximum atomic E-state index is 14.9. The molecule has 94 heavy (non-hydrogen) atoms. The first-order valence-corrected chi connectivity index (χ1v) is 33.2. The van der Waals surface area contributed by atoms with Crippen molar-refractivity contribution in [1.29, 1.82) is 0 Å². The lowest BCUT2D eigenvalue weighted by atomic mass is 9.43. The molecule has 5 aromatic rings. The molecule has 5 heterocycles. The molecule has 3 aromatic carbocycles. The molecule has 6 N–H and O–H groups in total. The van der Waals surface area contributed by atoms with E-state index >= 15 is 0 Å². The molecule has 2 bridgehead atoms. The van der Waals surface area contributed by atoms with Crippen LogP contribution >= 0.6 is 57.1 Å². The Kier molecular flexibility index (Phi) is 24.2. The van der Waals surface area contributed by atoms with Crippen LogP contribution in [0.3, 0.4) is 0 Å². The third-order valence-electron chi connectivity index (χ3n) is 16.6. The summed E-state index contributed by atoms with van der Waals surface area (Å²) in [4.78, 5) is 90.2. The Morgan fingerprint density at radius 1 is 0.904 bits per heavy atom. The van der Waals surface area contributed by atoms with Gasteiger partial charge < -0.3 is 63.6 Å². The number of carboxylic acid groups (broad SMARTS) is 1. The van der Waals surface area contributed by atoms with Crippen molar-refractivity contribution in [2.45, 2.75) is 155 Å². The van der Waals surface area contributed by atoms with Gasteiger partial charge in [-0.05, 0) is 115 Å². The Balaban J connectivity index is 0.000000293. The molecule has 0 radical (unpaired) electrons. The summed E-state index contributed by atoms with van der Waals surface area (Å²) >= 11 is 16.6. The third kappa shape index (κ3) is 17.9. The molecule has 6 aliphatic rings. The second-order valence-electron chi connectivity index (χ2n) is 25.8. The van der Waals surface area contributed by atoms with Gasteiger partial charge in [0.25, 0.3) is 0 Å². The van der Waals surface area contributed by atoms with Gasteiger partial charge in [-0.15, -0.1) is 22.7 Å². The number of aldehydes is 1. The van der Waals surface area contributed by atoms with E-state index < -0.39 is 77.7 Å². The largest absolute Gasteiger partial charge is 0.535 e. The predicted octanol–water partition coefficient (Wildman–Crippen LogP) is 11.7. The number of nitrogens with one attached hydrogen (secondary N) is 1. The van der Waals surface area contributed by atoms with Crippen LogP contribution in [0.5, 0.6) is 11.5 Å². The molecular formula is C62H74B3Cl3N6O18S2. The number of nitrogen functional groups attached to an aromatic ring is 1.